The van der Waals surface area contributed by atoms with Crippen LogP contribution in [0.5, 0.6) is 0 Å². The fraction of sp³-hybridized carbons (Fsp3) is 1.00. The number of hydrogen-bond acceptors (Lipinski definition) is 0. The van der Waals surface area contributed by atoms with E-state index in [1.54, 1.807) is 0 Å². The van der Waals surface area contributed by atoms with E-state index in [0.717, 1.165) is 0 Å². The molecule has 0 nitrogen and oxygen atoms in total. The smallest absolute Gasteiger partial charge is 0.237 e. The van der Waals surface area contributed by atoms with Gasteiger partial charge in [0, 0.05) is 12.8 Å². The van der Waals surface area contributed by atoms with Crippen LogP contribution in [0.1, 0.15) is 12.8 Å². The predicted octanol–water partition coefficient (Wildman–Crippen LogP) is 1.85. The molecule has 0 heterocycles. The maximum absolute atomic E-state index is 12.3. The number of rotatable bonds is 0. The van der Waals surface area contributed by atoms with E-state index in [0.29, 0.717) is 0 Å². The molecule has 0 aromatic rings. The van der Waals surface area contributed by atoms with Gasteiger partial charge in [-0.05, 0) is 0 Å². The summed E-state index contributed by atoms with van der Waals surface area (Å²) in [6.07, 6.45) is -1.21. The summed E-state index contributed by atoms with van der Waals surface area (Å²) in [6.45, 7) is 0. The Morgan fingerprint density at radius 1 is 0.778 bits per heavy atom. The van der Waals surface area contributed by atoms with Gasteiger partial charge in [0.25, 0.3) is 0 Å². The minimum Gasteiger partial charge on any atom is -0.237 e. The van der Waals surface area contributed by atoms with Gasteiger partial charge in [0.2, 0.25) is 0 Å². The van der Waals surface area contributed by atoms with Crippen LogP contribution >= 0.6 is 0 Å². The topological polar surface area (TPSA) is 0 Å². The van der Waals surface area contributed by atoms with E-state index in [4.69, 9.17) is 0 Å². The summed E-state index contributed by atoms with van der Waals surface area (Å²) in [5, 5.41) is 0. The molecule has 3 aliphatic rings. The van der Waals surface area contributed by atoms with E-state index in [2.05, 4.69) is 0 Å². The number of halogens is 4. The van der Waals surface area contributed by atoms with Crippen molar-refractivity contribution in [3.8, 4) is 0 Å². The lowest BCUT2D eigenvalue weighted by atomic mass is 9.47. The third-order valence-electron chi connectivity index (χ3n) is 2.25. The summed E-state index contributed by atoms with van der Waals surface area (Å²) in [5.74, 6) is -3.68. The van der Waals surface area contributed by atoms with Gasteiger partial charge in [-0.2, -0.15) is 8.78 Å². The molecular weight excluding hydrogens is 136 g/mol. The van der Waals surface area contributed by atoms with Gasteiger partial charge in [0.15, 0.2) is 11.3 Å². The van der Waals surface area contributed by atoms with Gasteiger partial charge in [-0.1, -0.05) is 0 Å². The van der Waals surface area contributed by atoms with Gasteiger partial charge in [-0.3, -0.25) is 0 Å². The molecule has 0 radical (unpaired) electrons. The van der Waals surface area contributed by atoms with E-state index in [9.17, 15) is 17.6 Å². The number of hydrogen-bond donors (Lipinski definition) is 0. The zero-order chi connectivity index (χ0) is 6.91. The van der Waals surface area contributed by atoms with Gasteiger partial charge in [0.1, 0.15) is 0 Å². The van der Waals surface area contributed by atoms with Crippen molar-refractivity contribution in [2.24, 2.45) is 0 Å². The Morgan fingerprint density at radius 2 is 1.11 bits per heavy atom. The van der Waals surface area contributed by atoms with E-state index in [1.807, 2.05) is 0 Å². The standard InChI is InChI=1S/C5H4F4/c6-3-1-4(7,2-3)5(3,8)9/h1-2H2. The highest BCUT2D eigenvalue weighted by Crippen LogP contribution is 2.74. The summed E-state index contributed by atoms with van der Waals surface area (Å²) >= 11 is 0. The van der Waals surface area contributed by atoms with Crippen molar-refractivity contribution in [1.29, 1.82) is 0 Å². The van der Waals surface area contributed by atoms with Crippen LogP contribution < -0.4 is 0 Å². The molecule has 0 aliphatic heterocycles. The summed E-state index contributed by atoms with van der Waals surface area (Å²) in [4.78, 5) is 0. The molecule has 0 N–H and O–H groups in total. The average molecular weight is 140 g/mol. The molecule has 0 atom stereocenters. The first-order valence-electron chi connectivity index (χ1n) is 2.67. The third-order valence-corrected chi connectivity index (χ3v) is 2.25. The first-order valence-corrected chi connectivity index (χ1v) is 2.67. The Labute approximate surface area is 48.8 Å². The van der Waals surface area contributed by atoms with E-state index < -0.39 is 30.1 Å². The first-order chi connectivity index (χ1) is 3.91. The van der Waals surface area contributed by atoms with E-state index in [1.165, 1.54) is 0 Å². The third kappa shape index (κ3) is 0.286. The highest BCUT2D eigenvalue weighted by atomic mass is 19.3. The van der Waals surface area contributed by atoms with Crippen molar-refractivity contribution in [2.75, 3.05) is 0 Å². The van der Waals surface area contributed by atoms with E-state index >= 15 is 0 Å². The molecule has 3 fully saturated rings. The molecule has 3 aliphatic carbocycles. The predicted molar refractivity (Wildman–Crippen MR) is 21.9 cm³/mol. The summed E-state index contributed by atoms with van der Waals surface area (Å²) in [6, 6.07) is 0. The molecule has 0 aromatic heterocycles. The van der Waals surface area contributed by atoms with E-state index in [-0.39, 0.29) is 0 Å². The lowest BCUT2D eigenvalue weighted by Crippen LogP contribution is -2.84. The first kappa shape index (κ1) is 5.50. The van der Waals surface area contributed by atoms with Crippen molar-refractivity contribution in [3.05, 3.63) is 0 Å². The monoisotopic (exact) mass is 140 g/mol. The normalized spacial score (nSPS) is 60.0. The fourth-order valence-electron chi connectivity index (χ4n) is 1.47. The van der Waals surface area contributed by atoms with Crippen LogP contribution in [0.15, 0.2) is 0 Å². The van der Waals surface area contributed by atoms with Gasteiger partial charge in [-0.25, -0.2) is 8.78 Å². The minimum atomic E-state index is -3.68. The van der Waals surface area contributed by atoms with Gasteiger partial charge in [0.05, 0.1) is 0 Å². The maximum Gasteiger partial charge on any atom is 0.315 e. The van der Waals surface area contributed by atoms with Crippen molar-refractivity contribution in [3.63, 3.8) is 0 Å². The molecule has 0 saturated heterocycles. The van der Waals surface area contributed by atoms with Gasteiger partial charge < -0.3 is 0 Å². The highest BCUT2D eigenvalue weighted by Gasteiger charge is 2.92. The molecule has 3 saturated carbocycles. The second-order valence-corrected chi connectivity index (χ2v) is 2.86. The zero-order valence-corrected chi connectivity index (χ0v) is 4.43. The van der Waals surface area contributed by atoms with Crippen LogP contribution in [0.25, 0.3) is 0 Å². The van der Waals surface area contributed by atoms with Crippen LogP contribution in [-0.4, -0.2) is 17.3 Å². The molecule has 3 rings (SSSR count). The Kier molecular flexibility index (Phi) is 0.548. The van der Waals surface area contributed by atoms with Crippen LogP contribution in [0.4, 0.5) is 17.6 Å². The van der Waals surface area contributed by atoms with Crippen LogP contribution in [0.3, 0.4) is 0 Å². The molecule has 4 heteroatoms. The lowest BCUT2D eigenvalue weighted by molar-refractivity contribution is -0.404. The lowest BCUT2D eigenvalue weighted by Gasteiger charge is -2.65. The average Bonchev–Trinajstić information content (AvgIpc) is 1.64. The van der Waals surface area contributed by atoms with Gasteiger partial charge in [-0.15, -0.1) is 0 Å². The largest absolute Gasteiger partial charge is 0.315 e. The molecule has 0 spiro atoms. The Hall–Kier alpha value is -0.280. The second-order valence-electron chi connectivity index (χ2n) is 2.86. The van der Waals surface area contributed by atoms with Crippen LogP contribution in [0, 0.1) is 0 Å². The summed E-state index contributed by atoms with van der Waals surface area (Å²) < 4.78 is 48.6. The maximum atomic E-state index is 12.3. The van der Waals surface area contributed by atoms with Crippen molar-refractivity contribution < 1.29 is 17.6 Å². The summed E-state index contributed by atoms with van der Waals surface area (Å²) in [7, 11) is 0. The molecule has 0 aromatic carbocycles. The van der Waals surface area contributed by atoms with Crippen molar-refractivity contribution in [2.45, 2.75) is 30.1 Å². The second kappa shape index (κ2) is 0.896. The molecule has 2 bridgehead atoms. The molecular formula is C5H4F4. The summed E-state index contributed by atoms with van der Waals surface area (Å²) in [5.41, 5.74) is -4.97. The molecule has 9 heavy (non-hydrogen) atoms. The molecule has 52 valence electrons. The minimum absolute atomic E-state index is 0.604. The zero-order valence-electron chi connectivity index (χ0n) is 4.43. The van der Waals surface area contributed by atoms with Crippen molar-refractivity contribution >= 4 is 0 Å². The Bertz CT molecular complexity index is 152. The molecule has 0 unspecified atom stereocenters. The fourth-order valence-corrected chi connectivity index (χ4v) is 1.47. The van der Waals surface area contributed by atoms with Crippen LogP contribution in [0.2, 0.25) is 0 Å². The quantitative estimate of drug-likeness (QED) is 0.450. The highest BCUT2D eigenvalue weighted by molar-refractivity contribution is 5.33. The number of alkyl halides is 4. The van der Waals surface area contributed by atoms with Crippen LogP contribution in [-0.2, 0) is 0 Å². The van der Waals surface area contributed by atoms with Gasteiger partial charge >= 0.3 is 5.92 Å². The Balaban J connectivity index is 2.31. The SMILES string of the molecule is FC12CC(F)(C1)C2(F)F. The van der Waals surface area contributed by atoms with Crippen molar-refractivity contribution in [1.82, 2.24) is 0 Å². The Morgan fingerprint density at radius 3 is 1.11 bits per heavy atom. The molecule has 0 amide bonds.